The molecule has 1 N–H and O–H groups in total. The Balaban J connectivity index is 2.00. The van der Waals surface area contributed by atoms with Crippen molar-refractivity contribution in [3.63, 3.8) is 0 Å². The normalized spacial score (nSPS) is 13.9. The number of aryl methyl sites for hydroxylation is 1. The van der Waals surface area contributed by atoms with Gasteiger partial charge in [0.1, 0.15) is 18.3 Å². The minimum atomic E-state index is -0.883. The summed E-state index contributed by atoms with van der Waals surface area (Å²) in [5.74, 6) is 0. The summed E-state index contributed by atoms with van der Waals surface area (Å²) < 4.78 is 1.72. The van der Waals surface area contributed by atoms with Gasteiger partial charge in [-0.15, -0.1) is 0 Å². The van der Waals surface area contributed by atoms with Crippen molar-refractivity contribution >= 4 is 0 Å². The molecule has 1 atom stereocenters. The van der Waals surface area contributed by atoms with Crippen molar-refractivity contribution < 1.29 is 5.11 Å². The van der Waals surface area contributed by atoms with Crippen molar-refractivity contribution in [1.29, 1.82) is 0 Å². The lowest BCUT2D eigenvalue weighted by Gasteiger charge is -2.29. The van der Waals surface area contributed by atoms with Gasteiger partial charge in [0.25, 0.3) is 0 Å². The Morgan fingerprint density at radius 1 is 1.04 bits per heavy atom. The number of nitrogens with zero attached hydrogens (tertiary/aromatic N) is 3. The van der Waals surface area contributed by atoms with E-state index < -0.39 is 5.60 Å². The Hall–Kier alpha value is -1.68. The fourth-order valence-corrected chi connectivity index (χ4v) is 2.96. The molecule has 0 radical (unpaired) electrons. The number of unbranched alkanes of at least 4 members (excludes halogenated alkanes) is 5. The zero-order chi connectivity index (χ0) is 16.5. The van der Waals surface area contributed by atoms with E-state index in [0.717, 1.165) is 18.4 Å². The lowest BCUT2D eigenvalue weighted by Crippen LogP contribution is -2.31. The molecule has 0 amide bonds. The van der Waals surface area contributed by atoms with E-state index in [1.807, 2.05) is 12.1 Å². The molecule has 0 aliphatic carbocycles. The standard InChI is InChI=1S/C19H29N3O/c1-3-4-5-6-7-8-13-19(23,14-22-16-20-15-21-22)18-11-9-17(2)10-12-18/h9-12,15-16,23H,3-8,13-14H2,1-2H3. The first-order valence-electron chi connectivity index (χ1n) is 8.76. The van der Waals surface area contributed by atoms with Gasteiger partial charge in [-0.1, -0.05) is 75.3 Å². The van der Waals surface area contributed by atoms with Gasteiger partial charge in [-0.3, -0.25) is 0 Å². The third kappa shape index (κ3) is 5.47. The Kier molecular flexibility index (Phi) is 6.78. The number of aliphatic hydroxyl groups is 1. The van der Waals surface area contributed by atoms with E-state index in [9.17, 15) is 5.11 Å². The molecule has 1 heterocycles. The van der Waals surface area contributed by atoms with Gasteiger partial charge in [-0.05, 0) is 18.9 Å². The molecule has 2 aromatic rings. The van der Waals surface area contributed by atoms with Gasteiger partial charge in [0.2, 0.25) is 0 Å². The van der Waals surface area contributed by atoms with E-state index in [0.29, 0.717) is 6.54 Å². The number of rotatable bonds is 10. The second kappa shape index (κ2) is 8.82. The van der Waals surface area contributed by atoms with Crippen molar-refractivity contribution in [2.75, 3.05) is 0 Å². The lowest BCUT2D eigenvalue weighted by atomic mass is 9.87. The molecule has 0 aliphatic heterocycles. The molecule has 1 aromatic heterocycles. The summed E-state index contributed by atoms with van der Waals surface area (Å²) >= 11 is 0. The summed E-state index contributed by atoms with van der Waals surface area (Å²) in [5, 5.41) is 15.4. The van der Waals surface area contributed by atoms with Crippen LogP contribution in [0.3, 0.4) is 0 Å². The predicted octanol–water partition coefficient (Wildman–Crippen LogP) is 4.22. The van der Waals surface area contributed by atoms with Gasteiger partial charge in [-0.25, -0.2) is 9.67 Å². The minimum absolute atomic E-state index is 0.449. The average molecular weight is 315 g/mol. The van der Waals surface area contributed by atoms with Crippen LogP contribution in [-0.4, -0.2) is 19.9 Å². The monoisotopic (exact) mass is 315 g/mol. The molecular formula is C19H29N3O. The van der Waals surface area contributed by atoms with Crippen molar-refractivity contribution in [2.45, 2.75) is 70.9 Å². The molecule has 1 unspecified atom stereocenters. The molecule has 4 heteroatoms. The molecule has 23 heavy (non-hydrogen) atoms. The van der Waals surface area contributed by atoms with E-state index in [1.54, 1.807) is 11.0 Å². The zero-order valence-electron chi connectivity index (χ0n) is 14.4. The van der Waals surface area contributed by atoms with Crippen LogP contribution in [0.2, 0.25) is 0 Å². The maximum absolute atomic E-state index is 11.3. The fraction of sp³-hybridized carbons (Fsp3) is 0.579. The minimum Gasteiger partial charge on any atom is -0.383 e. The number of benzene rings is 1. The van der Waals surface area contributed by atoms with Crippen LogP contribution in [0, 0.1) is 6.92 Å². The van der Waals surface area contributed by atoms with Crippen LogP contribution in [0.1, 0.15) is 63.0 Å². The molecule has 0 bridgehead atoms. The highest BCUT2D eigenvalue weighted by Gasteiger charge is 2.29. The third-order valence-corrected chi connectivity index (χ3v) is 4.42. The first-order valence-corrected chi connectivity index (χ1v) is 8.76. The average Bonchev–Trinajstić information content (AvgIpc) is 3.04. The molecule has 0 saturated heterocycles. The molecule has 4 nitrogen and oxygen atoms in total. The van der Waals surface area contributed by atoms with E-state index in [1.165, 1.54) is 44.0 Å². The van der Waals surface area contributed by atoms with Crippen LogP contribution >= 0.6 is 0 Å². The van der Waals surface area contributed by atoms with Crippen LogP contribution < -0.4 is 0 Å². The molecule has 2 rings (SSSR count). The van der Waals surface area contributed by atoms with E-state index in [2.05, 4.69) is 36.1 Å². The largest absolute Gasteiger partial charge is 0.383 e. The smallest absolute Gasteiger partial charge is 0.137 e. The Bertz CT molecular complexity index is 551. The van der Waals surface area contributed by atoms with Crippen molar-refractivity contribution in [2.24, 2.45) is 0 Å². The van der Waals surface area contributed by atoms with E-state index in [4.69, 9.17) is 0 Å². The third-order valence-electron chi connectivity index (χ3n) is 4.42. The van der Waals surface area contributed by atoms with E-state index in [-0.39, 0.29) is 0 Å². The quantitative estimate of drug-likeness (QED) is 0.668. The Labute approximate surface area is 139 Å². The highest BCUT2D eigenvalue weighted by atomic mass is 16.3. The summed E-state index contributed by atoms with van der Waals surface area (Å²) in [6.07, 6.45) is 11.3. The molecular weight excluding hydrogens is 286 g/mol. The van der Waals surface area contributed by atoms with Crippen molar-refractivity contribution in [3.05, 3.63) is 48.0 Å². The lowest BCUT2D eigenvalue weighted by molar-refractivity contribution is 0.00375. The Morgan fingerprint density at radius 3 is 2.39 bits per heavy atom. The highest BCUT2D eigenvalue weighted by molar-refractivity contribution is 5.26. The van der Waals surface area contributed by atoms with Crippen LogP contribution in [0.4, 0.5) is 0 Å². The fourth-order valence-electron chi connectivity index (χ4n) is 2.96. The van der Waals surface area contributed by atoms with Gasteiger partial charge >= 0.3 is 0 Å². The molecule has 0 fully saturated rings. The maximum Gasteiger partial charge on any atom is 0.137 e. The van der Waals surface area contributed by atoms with Gasteiger partial charge in [0.15, 0.2) is 0 Å². The predicted molar refractivity (Wildman–Crippen MR) is 93.1 cm³/mol. The summed E-state index contributed by atoms with van der Waals surface area (Å²) in [5.41, 5.74) is 1.29. The van der Waals surface area contributed by atoms with Crippen LogP contribution in [0.5, 0.6) is 0 Å². The topological polar surface area (TPSA) is 50.9 Å². The SMILES string of the molecule is CCCCCCCCC(O)(Cn1cncn1)c1ccc(C)cc1. The molecule has 0 aliphatic rings. The molecule has 0 spiro atoms. The summed E-state index contributed by atoms with van der Waals surface area (Å²) in [4.78, 5) is 3.99. The van der Waals surface area contributed by atoms with Crippen LogP contribution in [0.15, 0.2) is 36.9 Å². The summed E-state index contributed by atoms with van der Waals surface area (Å²) in [6.45, 7) is 4.74. The van der Waals surface area contributed by atoms with E-state index >= 15 is 0 Å². The molecule has 1 aromatic carbocycles. The van der Waals surface area contributed by atoms with Gasteiger partial charge in [0, 0.05) is 0 Å². The Morgan fingerprint density at radius 2 is 1.74 bits per heavy atom. The van der Waals surface area contributed by atoms with Crippen molar-refractivity contribution in [3.8, 4) is 0 Å². The summed E-state index contributed by atoms with van der Waals surface area (Å²) in [6, 6.07) is 8.18. The molecule has 0 saturated carbocycles. The highest BCUT2D eigenvalue weighted by Crippen LogP contribution is 2.29. The number of aromatic nitrogens is 3. The van der Waals surface area contributed by atoms with Crippen molar-refractivity contribution in [1.82, 2.24) is 14.8 Å². The van der Waals surface area contributed by atoms with Gasteiger partial charge in [-0.2, -0.15) is 5.10 Å². The second-order valence-corrected chi connectivity index (χ2v) is 6.51. The number of hydrogen-bond acceptors (Lipinski definition) is 3. The first-order chi connectivity index (χ1) is 11.1. The zero-order valence-corrected chi connectivity index (χ0v) is 14.4. The van der Waals surface area contributed by atoms with Gasteiger partial charge in [0.05, 0.1) is 6.54 Å². The first kappa shape index (κ1) is 17.7. The van der Waals surface area contributed by atoms with Gasteiger partial charge < -0.3 is 5.11 Å². The van der Waals surface area contributed by atoms with Crippen LogP contribution in [-0.2, 0) is 12.1 Å². The van der Waals surface area contributed by atoms with Crippen LogP contribution in [0.25, 0.3) is 0 Å². The second-order valence-electron chi connectivity index (χ2n) is 6.51. The number of hydrogen-bond donors (Lipinski definition) is 1. The molecule has 126 valence electrons. The summed E-state index contributed by atoms with van der Waals surface area (Å²) in [7, 11) is 0. The maximum atomic E-state index is 11.3.